The van der Waals surface area contributed by atoms with Gasteiger partial charge in [0, 0.05) is 0 Å². The minimum absolute atomic E-state index is 0.108. The standard InChI is InChI=1S/C46H43P2.ClH.Ru/c1-35-36(2)38(4)45(37(35)3)46(47(39-23-11-5-12-24-39,40-25-13-6-14-26-40)41-27-15-7-16-28-41)48(42-29-17-8-18-30-42,43-31-19-9-20-32-43)44-33-21-10-22-34-44;;/h5-34,46H,1-4H3;1H;/q+1;;+2/p-1. The Hall–Kier alpha value is -3.56. The first-order valence-electron chi connectivity index (χ1n) is 17.0. The Balaban J connectivity index is 0.00000212. The van der Waals surface area contributed by atoms with Crippen LogP contribution in [0.5, 0.6) is 0 Å². The molecule has 0 saturated carbocycles. The zero-order chi connectivity index (χ0) is 35.1. The van der Waals surface area contributed by atoms with Gasteiger partial charge in [-0.25, -0.2) is 0 Å². The molecule has 0 amide bonds. The first-order valence-corrected chi connectivity index (χ1v) is 22.9. The van der Waals surface area contributed by atoms with Crippen LogP contribution in [0.3, 0.4) is 0 Å². The van der Waals surface area contributed by atoms with Gasteiger partial charge in [-0.2, -0.15) is 22.3 Å². The van der Waals surface area contributed by atoms with Crippen molar-refractivity contribution < 1.29 is 17.3 Å². The van der Waals surface area contributed by atoms with Crippen molar-refractivity contribution in [3.05, 3.63) is 210 Å². The van der Waals surface area contributed by atoms with E-state index in [0.29, 0.717) is 0 Å². The van der Waals surface area contributed by atoms with Gasteiger partial charge in [-0.3, -0.25) is 0 Å². The normalized spacial score (nSPS) is 11.6. The Morgan fingerprint density at radius 2 is 0.540 bits per heavy atom. The second-order valence-electron chi connectivity index (χ2n) is 12.7. The van der Waals surface area contributed by atoms with E-state index in [1.807, 2.05) is 17.3 Å². The summed E-state index contributed by atoms with van der Waals surface area (Å²) in [5, 5.41) is 8.58. The van der Waals surface area contributed by atoms with Crippen LogP contribution in [0.4, 0.5) is 0 Å². The zero-order valence-corrected chi connectivity index (χ0v) is 33.3. The third kappa shape index (κ3) is 6.19. The molecule has 0 N–H and O–H groups in total. The molecule has 0 aliphatic rings. The summed E-state index contributed by atoms with van der Waals surface area (Å²) < 4.78 is 0. The summed E-state index contributed by atoms with van der Waals surface area (Å²) >= 11 is 1.82. The van der Waals surface area contributed by atoms with Crippen molar-refractivity contribution in [1.29, 1.82) is 0 Å². The Kier molecular flexibility index (Phi) is 11.7. The van der Waals surface area contributed by atoms with E-state index in [4.69, 9.17) is 0 Å². The Labute approximate surface area is 314 Å². The summed E-state index contributed by atoms with van der Waals surface area (Å²) in [7, 11) is -0.460. The van der Waals surface area contributed by atoms with Crippen LogP contribution in [-0.4, -0.2) is 0 Å². The van der Waals surface area contributed by atoms with E-state index < -0.39 is 14.5 Å². The second-order valence-corrected chi connectivity index (χ2v) is 20.2. The maximum absolute atomic E-state index is 4.57. The third-order valence-corrected chi connectivity index (χ3v) is 21.2. The molecule has 0 aliphatic carbocycles. The van der Waals surface area contributed by atoms with Crippen LogP contribution in [-0.2, 0) is 17.3 Å². The van der Waals surface area contributed by atoms with Crippen molar-refractivity contribution >= 4 is 56.0 Å². The molecule has 0 saturated heterocycles. The van der Waals surface area contributed by atoms with Crippen molar-refractivity contribution in [1.82, 2.24) is 0 Å². The van der Waals surface area contributed by atoms with Crippen LogP contribution in [0.15, 0.2) is 182 Å². The van der Waals surface area contributed by atoms with Gasteiger partial charge in [0.15, 0.2) is 5.40 Å². The molecule has 7 aromatic rings. The van der Waals surface area contributed by atoms with E-state index in [1.54, 1.807) is 0 Å². The summed E-state index contributed by atoms with van der Waals surface area (Å²) in [5.74, 6) is 0. The van der Waals surface area contributed by atoms with Crippen molar-refractivity contribution in [2.45, 2.75) is 33.1 Å². The minimum atomic E-state index is -2.51. The van der Waals surface area contributed by atoms with Gasteiger partial charge >= 0.3 is 27.0 Å². The van der Waals surface area contributed by atoms with E-state index in [2.05, 4.69) is 219 Å². The van der Waals surface area contributed by atoms with Gasteiger partial charge < -0.3 is 0 Å². The number of benzene rings is 6. The van der Waals surface area contributed by atoms with Crippen LogP contribution in [0, 0.1) is 27.7 Å². The summed E-state index contributed by atoms with van der Waals surface area (Å²) in [6.45, 7) is 9.45. The van der Waals surface area contributed by atoms with E-state index in [1.165, 1.54) is 59.6 Å². The van der Waals surface area contributed by atoms with Crippen LogP contribution in [0.25, 0.3) is 0 Å². The molecular weight excluding hydrogens is 751 g/mol. The number of hydrogen-bond acceptors (Lipinski definition) is 0. The molecule has 0 radical (unpaired) electrons. The zero-order valence-electron chi connectivity index (χ0n) is 29.0. The summed E-state index contributed by atoms with van der Waals surface area (Å²) in [4.78, 5) is 0. The Morgan fingerprint density at radius 3 is 0.720 bits per heavy atom. The molecule has 7 aromatic carbocycles. The predicted octanol–water partition coefficient (Wildman–Crippen LogP) is 10.3. The fourth-order valence-electron chi connectivity index (χ4n) is 8.00. The number of rotatable bonds is 9. The van der Waals surface area contributed by atoms with Gasteiger partial charge in [0.2, 0.25) is 0 Å². The van der Waals surface area contributed by atoms with Crippen LogP contribution in [0.2, 0.25) is 0 Å². The molecule has 4 heteroatoms. The second kappa shape index (κ2) is 16.2. The average molecular weight is 794 g/mol. The van der Waals surface area contributed by atoms with E-state index in [9.17, 15) is 0 Å². The Morgan fingerprint density at radius 1 is 0.360 bits per heavy atom. The summed E-state index contributed by atoms with van der Waals surface area (Å²) in [6.07, 6.45) is 0. The molecule has 50 heavy (non-hydrogen) atoms. The van der Waals surface area contributed by atoms with Crippen molar-refractivity contribution in [2.24, 2.45) is 0 Å². The van der Waals surface area contributed by atoms with Crippen molar-refractivity contribution in [3.8, 4) is 0 Å². The van der Waals surface area contributed by atoms with Crippen LogP contribution in [0.1, 0.15) is 33.2 Å². The molecule has 0 nitrogen and oxygen atoms in total. The summed E-state index contributed by atoms with van der Waals surface area (Å²) in [6, 6.07) is 69.1. The summed E-state index contributed by atoms with van der Waals surface area (Å²) in [5.41, 5.74) is 7.18. The van der Waals surface area contributed by atoms with Crippen LogP contribution < -0.4 is 31.8 Å². The molecule has 0 aromatic heterocycles. The fourth-order valence-corrected chi connectivity index (χ4v) is 21.4. The average Bonchev–Trinajstić information content (AvgIpc) is 3.39. The van der Waals surface area contributed by atoms with Crippen molar-refractivity contribution in [3.63, 3.8) is 0 Å². The monoisotopic (exact) mass is 794 g/mol. The molecule has 0 heterocycles. The van der Waals surface area contributed by atoms with Crippen LogP contribution >= 0.6 is 24.2 Å². The molecular formula is C46H43ClP2Ru+2. The third-order valence-electron chi connectivity index (χ3n) is 10.5. The molecule has 0 atom stereocenters. The molecule has 0 spiro atoms. The topological polar surface area (TPSA) is 0 Å². The first-order chi connectivity index (χ1) is 24.5. The van der Waals surface area contributed by atoms with Gasteiger partial charge in [0.1, 0.15) is 46.4 Å². The van der Waals surface area contributed by atoms with Gasteiger partial charge in [-0.05, 0) is 72.8 Å². The predicted molar refractivity (Wildman–Crippen MR) is 220 cm³/mol. The quantitative estimate of drug-likeness (QED) is 0.0776. The fraction of sp³-hybridized carbons (Fsp3) is 0.109. The van der Waals surface area contributed by atoms with E-state index in [-0.39, 0.29) is 5.40 Å². The molecule has 0 fully saturated rings. The SMILES string of the molecule is Cc1c(C)c(C)[c-](C([P+](c2ccccc2)(c2ccccc2)c2ccccc2)[P+](c2ccccc2)(c2ccccc2)c2ccccc2)c1C.[Cl][Ru+]. The molecule has 0 aliphatic heterocycles. The molecule has 0 bridgehead atoms. The maximum atomic E-state index is 4.57. The van der Waals surface area contributed by atoms with Gasteiger partial charge in [-0.1, -0.05) is 142 Å². The van der Waals surface area contributed by atoms with E-state index >= 15 is 0 Å². The number of halogens is 1. The van der Waals surface area contributed by atoms with E-state index in [0.717, 1.165) is 0 Å². The van der Waals surface area contributed by atoms with Gasteiger partial charge in [-0.15, -0.1) is 0 Å². The molecule has 0 unspecified atom stereocenters. The molecule has 250 valence electrons. The Bertz CT molecular complexity index is 1750. The van der Waals surface area contributed by atoms with Crippen molar-refractivity contribution in [2.75, 3.05) is 0 Å². The van der Waals surface area contributed by atoms with Gasteiger partial charge in [0.25, 0.3) is 0 Å². The molecule has 7 rings (SSSR count). The number of hydrogen-bond donors (Lipinski definition) is 0. The first kappa shape index (κ1) is 36.2. The van der Waals surface area contributed by atoms with Gasteiger partial charge in [0.05, 0.1) is 0 Å².